The molecular weight excluding hydrogens is 172 g/mol. The van der Waals surface area contributed by atoms with E-state index in [-0.39, 0.29) is 5.41 Å². The number of carbonyl (C=O) groups excluding carboxylic acids is 1. The molecule has 0 unspecified atom stereocenters. The Balaban J connectivity index is 3.54. The molecule has 1 heteroatoms. The molecule has 0 heterocycles. The van der Waals surface area contributed by atoms with Gasteiger partial charge in [0.05, 0.1) is 0 Å². The van der Waals surface area contributed by atoms with Crippen molar-refractivity contribution in [3.63, 3.8) is 0 Å². The van der Waals surface area contributed by atoms with Crippen molar-refractivity contribution in [1.82, 2.24) is 0 Å². The van der Waals surface area contributed by atoms with Crippen LogP contribution in [0.5, 0.6) is 0 Å². The Morgan fingerprint density at radius 2 is 1.57 bits per heavy atom. The second-order valence-electron chi connectivity index (χ2n) is 4.24. The van der Waals surface area contributed by atoms with Crippen LogP contribution in [-0.4, -0.2) is 6.29 Å². The van der Waals surface area contributed by atoms with Gasteiger partial charge in [-0.2, -0.15) is 0 Å². The molecule has 0 atom stereocenters. The van der Waals surface area contributed by atoms with Gasteiger partial charge in [-0.1, -0.05) is 45.1 Å². The smallest absolute Gasteiger partial charge is 0.125 e. The number of aldehydes is 1. The van der Waals surface area contributed by atoms with Crippen LogP contribution < -0.4 is 0 Å². The van der Waals surface area contributed by atoms with Gasteiger partial charge in [0.1, 0.15) is 6.29 Å². The fourth-order valence-corrected chi connectivity index (χ4v) is 1.03. The zero-order valence-corrected chi connectivity index (χ0v) is 9.62. The first kappa shape index (κ1) is 13.2. The van der Waals surface area contributed by atoms with Crippen molar-refractivity contribution in [2.24, 2.45) is 5.41 Å². The van der Waals surface area contributed by atoms with Crippen molar-refractivity contribution >= 4 is 6.29 Å². The van der Waals surface area contributed by atoms with Gasteiger partial charge in [0.25, 0.3) is 0 Å². The molecule has 0 aromatic heterocycles. The molecule has 80 valence electrons. The van der Waals surface area contributed by atoms with Crippen molar-refractivity contribution in [3.8, 4) is 0 Å². The van der Waals surface area contributed by atoms with E-state index in [2.05, 4.69) is 31.2 Å². The SMILES string of the molecule is CCC=CCCC=CCC(C)(C)C=O. The van der Waals surface area contributed by atoms with Crippen LogP contribution >= 0.6 is 0 Å². The maximum atomic E-state index is 10.6. The first-order valence-electron chi connectivity index (χ1n) is 5.38. The Bertz CT molecular complexity index is 199. The van der Waals surface area contributed by atoms with Gasteiger partial charge in [-0.3, -0.25) is 0 Å². The highest BCUT2D eigenvalue weighted by Crippen LogP contribution is 2.17. The molecule has 0 saturated carbocycles. The molecule has 0 radical (unpaired) electrons. The molecule has 0 rings (SSSR count). The molecule has 0 amide bonds. The molecule has 1 nitrogen and oxygen atoms in total. The highest BCUT2D eigenvalue weighted by Gasteiger charge is 2.13. The van der Waals surface area contributed by atoms with E-state index in [0.29, 0.717) is 0 Å². The topological polar surface area (TPSA) is 17.1 Å². The Kier molecular flexibility index (Phi) is 7.09. The zero-order chi connectivity index (χ0) is 10.9. The maximum Gasteiger partial charge on any atom is 0.125 e. The maximum absolute atomic E-state index is 10.6. The molecule has 0 aliphatic heterocycles. The third-order valence-electron chi connectivity index (χ3n) is 2.03. The summed E-state index contributed by atoms with van der Waals surface area (Å²) in [6, 6.07) is 0. The van der Waals surface area contributed by atoms with E-state index < -0.39 is 0 Å². The third-order valence-corrected chi connectivity index (χ3v) is 2.03. The number of hydrogen-bond acceptors (Lipinski definition) is 1. The van der Waals surface area contributed by atoms with Crippen LogP contribution in [-0.2, 0) is 4.79 Å². The summed E-state index contributed by atoms with van der Waals surface area (Å²) < 4.78 is 0. The highest BCUT2D eigenvalue weighted by atomic mass is 16.1. The zero-order valence-electron chi connectivity index (χ0n) is 9.62. The minimum absolute atomic E-state index is 0.199. The number of unbranched alkanes of at least 4 members (excludes halogenated alkanes) is 1. The lowest BCUT2D eigenvalue weighted by molar-refractivity contribution is -0.114. The first-order valence-corrected chi connectivity index (χ1v) is 5.38. The largest absolute Gasteiger partial charge is 0.303 e. The predicted molar refractivity (Wildman–Crippen MR) is 62.3 cm³/mol. The highest BCUT2D eigenvalue weighted by molar-refractivity contribution is 5.58. The molecule has 0 spiro atoms. The van der Waals surface area contributed by atoms with Crippen LogP contribution in [0, 0.1) is 5.41 Å². The van der Waals surface area contributed by atoms with Crippen molar-refractivity contribution in [2.45, 2.75) is 46.5 Å². The van der Waals surface area contributed by atoms with Crippen LogP contribution in [0.15, 0.2) is 24.3 Å². The molecular formula is C13H22O. The van der Waals surface area contributed by atoms with Gasteiger partial charge in [-0.15, -0.1) is 0 Å². The van der Waals surface area contributed by atoms with Crippen molar-refractivity contribution in [1.29, 1.82) is 0 Å². The fourth-order valence-electron chi connectivity index (χ4n) is 1.03. The van der Waals surface area contributed by atoms with E-state index in [1.807, 2.05) is 13.8 Å². The normalized spacial score (nSPS) is 12.8. The summed E-state index contributed by atoms with van der Waals surface area (Å²) in [4.78, 5) is 10.6. The molecule has 0 fully saturated rings. The molecule has 0 aliphatic carbocycles. The van der Waals surface area contributed by atoms with Crippen LogP contribution in [0.3, 0.4) is 0 Å². The van der Waals surface area contributed by atoms with Gasteiger partial charge < -0.3 is 4.79 Å². The predicted octanol–water partition coefficient (Wildman–Crippen LogP) is 3.90. The third kappa shape index (κ3) is 7.78. The minimum atomic E-state index is -0.199. The second kappa shape index (κ2) is 7.54. The number of carbonyl (C=O) groups is 1. The standard InChI is InChI=1S/C13H22O/c1-4-5-6-7-8-9-10-11-13(2,3)12-14/h5-6,9-10,12H,4,7-8,11H2,1-3H3. The molecule has 0 N–H and O–H groups in total. The van der Waals surface area contributed by atoms with Crippen LogP contribution in [0.4, 0.5) is 0 Å². The summed E-state index contributed by atoms with van der Waals surface area (Å²) >= 11 is 0. The van der Waals surface area contributed by atoms with E-state index in [9.17, 15) is 4.79 Å². The van der Waals surface area contributed by atoms with E-state index >= 15 is 0 Å². The first-order chi connectivity index (χ1) is 6.62. The van der Waals surface area contributed by atoms with Crippen molar-refractivity contribution in [2.75, 3.05) is 0 Å². The molecule has 0 aliphatic rings. The molecule has 14 heavy (non-hydrogen) atoms. The Hall–Kier alpha value is -0.850. The summed E-state index contributed by atoms with van der Waals surface area (Å²) in [7, 11) is 0. The lowest BCUT2D eigenvalue weighted by Gasteiger charge is -2.12. The lowest BCUT2D eigenvalue weighted by Crippen LogP contribution is -2.10. The van der Waals surface area contributed by atoms with Crippen LogP contribution in [0.2, 0.25) is 0 Å². The van der Waals surface area contributed by atoms with Crippen molar-refractivity contribution in [3.05, 3.63) is 24.3 Å². The summed E-state index contributed by atoms with van der Waals surface area (Å²) in [6.07, 6.45) is 13.8. The van der Waals surface area contributed by atoms with Gasteiger partial charge in [-0.05, 0) is 25.7 Å². The number of rotatable bonds is 7. The number of hydrogen-bond donors (Lipinski definition) is 0. The Morgan fingerprint density at radius 1 is 1.00 bits per heavy atom. The molecule has 0 aromatic rings. The van der Waals surface area contributed by atoms with Gasteiger partial charge in [-0.25, -0.2) is 0 Å². The van der Waals surface area contributed by atoms with Gasteiger partial charge in [0.15, 0.2) is 0 Å². The average molecular weight is 194 g/mol. The summed E-state index contributed by atoms with van der Waals surface area (Å²) in [6.45, 7) is 6.06. The number of allylic oxidation sites excluding steroid dienone is 4. The van der Waals surface area contributed by atoms with Gasteiger partial charge >= 0.3 is 0 Å². The van der Waals surface area contributed by atoms with E-state index in [4.69, 9.17) is 0 Å². The summed E-state index contributed by atoms with van der Waals surface area (Å²) in [5, 5.41) is 0. The monoisotopic (exact) mass is 194 g/mol. The Morgan fingerprint density at radius 3 is 2.07 bits per heavy atom. The van der Waals surface area contributed by atoms with Gasteiger partial charge in [0.2, 0.25) is 0 Å². The molecule has 0 saturated heterocycles. The van der Waals surface area contributed by atoms with E-state index in [0.717, 1.165) is 32.0 Å². The summed E-state index contributed by atoms with van der Waals surface area (Å²) in [5.41, 5.74) is -0.199. The summed E-state index contributed by atoms with van der Waals surface area (Å²) in [5.74, 6) is 0. The average Bonchev–Trinajstić information content (AvgIpc) is 2.16. The van der Waals surface area contributed by atoms with E-state index in [1.165, 1.54) is 0 Å². The van der Waals surface area contributed by atoms with E-state index in [1.54, 1.807) is 0 Å². The Labute approximate surface area is 87.9 Å². The molecule has 0 aromatic carbocycles. The van der Waals surface area contributed by atoms with Crippen LogP contribution in [0.25, 0.3) is 0 Å². The van der Waals surface area contributed by atoms with Crippen LogP contribution in [0.1, 0.15) is 46.5 Å². The molecule has 0 bridgehead atoms. The van der Waals surface area contributed by atoms with Crippen molar-refractivity contribution < 1.29 is 4.79 Å². The minimum Gasteiger partial charge on any atom is -0.303 e. The quantitative estimate of drug-likeness (QED) is 0.341. The second-order valence-corrected chi connectivity index (χ2v) is 4.24. The fraction of sp³-hybridized carbons (Fsp3) is 0.615. The lowest BCUT2D eigenvalue weighted by atomic mass is 9.91. The van der Waals surface area contributed by atoms with Gasteiger partial charge in [0, 0.05) is 5.41 Å².